The predicted molar refractivity (Wildman–Crippen MR) is 61.5 cm³/mol. The Bertz CT molecular complexity index is 495. The van der Waals surface area contributed by atoms with Crippen LogP contribution in [-0.4, -0.2) is 9.67 Å². The van der Waals surface area contributed by atoms with Crippen molar-refractivity contribution in [3.05, 3.63) is 27.0 Å². The molecule has 0 amide bonds. The largest absolute Gasteiger partial charge is 0.494 e. The summed E-state index contributed by atoms with van der Waals surface area (Å²) in [6.45, 7) is 5.95. The van der Waals surface area contributed by atoms with Gasteiger partial charge in [-0.15, -0.1) is 0 Å². The number of rotatable bonds is 3. The molecule has 0 bridgehead atoms. The third-order valence-electron chi connectivity index (χ3n) is 2.72. The van der Waals surface area contributed by atoms with Gasteiger partial charge < -0.3 is 5.11 Å². The second kappa shape index (κ2) is 4.84. The van der Waals surface area contributed by atoms with Crippen molar-refractivity contribution in [2.24, 2.45) is 0 Å². The van der Waals surface area contributed by atoms with E-state index in [0.717, 1.165) is 6.42 Å². The molecule has 0 unspecified atom stereocenters. The number of pyridine rings is 1. The van der Waals surface area contributed by atoms with Gasteiger partial charge in [-0.3, -0.25) is 9.36 Å². The van der Waals surface area contributed by atoms with Gasteiger partial charge in [0.1, 0.15) is 11.6 Å². The highest BCUT2D eigenvalue weighted by molar-refractivity contribution is 5.45. The molecule has 0 saturated heterocycles. The van der Waals surface area contributed by atoms with Crippen LogP contribution in [0.5, 0.6) is 5.88 Å². The Labute approximate surface area is 94.8 Å². The van der Waals surface area contributed by atoms with E-state index in [-0.39, 0.29) is 11.4 Å². The third kappa shape index (κ3) is 1.81. The lowest BCUT2D eigenvalue weighted by Crippen LogP contribution is -2.25. The van der Waals surface area contributed by atoms with Crippen LogP contribution in [0.3, 0.4) is 0 Å². The number of hydrogen-bond donors (Lipinski definition) is 1. The third-order valence-corrected chi connectivity index (χ3v) is 2.72. The molecule has 1 aromatic heterocycles. The fraction of sp³-hybridized carbons (Fsp3) is 0.500. The number of aromatic nitrogens is 1. The molecule has 4 nitrogen and oxygen atoms in total. The van der Waals surface area contributed by atoms with E-state index in [0.29, 0.717) is 24.1 Å². The summed E-state index contributed by atoms with van der Waals surface area (Å²) in [5.74, 6) is 0.00542. The minimum atomic E-state index is -0.392. The van der Waals surface area contributed by atoms with Gasteiger partial charge in [-0.05, 0) is 25.3 Å². The highest BCUT2D eigenvalue weighted by atomic mass is 16.3. The number of hydrogen-bond acceptors (Lipinski definition) is 3. The van der Waals surface area contributed by atoms with E-state index in [2.05, 4.69) is 0 Å². The molecule has 0 aromatic carbocycles. The molecule has 0 aliphatic rings. The standard InChI is InChI=1S/C12H16N2O2/c1-4-6-14-11(15)9(5-2)8(3)10(7-13)12(14)16/h15H,4-6H2,1-3H3. The molecule has 16 heavy (non-hydrogen) atoms. The van der Waals surface area contributed by atoms with Crippen LogP contribution in [0.15, 0.2) is 4.79 Å². The maximum Gasteiger partial charge on any atom is 0.271 e. The fourth-order valence-electron chi connectivity index (χ4n) is 1.86. The molecule has 0 aliphatic heterocycles. The summed E-state index contributed by atoms with van der Waals surface area (Å²) in [5.41, 5.74) is 1.03. The second-order valence-electron chi connectivity index (χ2n) is 3.72. The summed E-state index contributed by atoms with van der Waals surface area (Å²) in [6, 6.07) is 1.92. The molecule has 86 valence electrons. The van der Waals surface area contributed by atoms with Crippen molar-refractivity contribution in [3.8, 4) is 11.9 Å². The Balaban J connectivity index is 3.65. The van der Waals surface area contributed by atoms with Crippen molar-refractivity contribution < 1.29 is 5.11 Å². The molecule has 0 spiro atoms. The SMILES string of the molecule is CCCn1c(O)c(CC)c(C)c(C#N)c1=O. The molecule has 0 radical (unpaired) electrons. The summed E-state index contributed by atoms with van der Waals surface area (Å²) >= 11 is 0. The van der Waals surface area contributed by atoms with Crippen LogP contribution < -0.4 is 5.56 Å². The smallest absolute Gasteiger partial charge is 0.271 e. The van der Waals surface area contributed by atoms with E-state index >= 15 is 0 Å². The molecular weight excluding hydrogens is 204 g/mol. The van der Waals surface area contributed by atoms with Crippen molar-refractivity contribution in [1.29, 1.82) is 5.26 Å². The van der Waals surface area contributed by atoms with Crippen LogP contribution in [0.25, 0.3) is 0 Å². The van der Waals surface area contributed by atoms with Crippen LogP contribution in [-0.2, 0) is 13.0 Å². The van der Waals surface area contributed by atoms with Crippen molar-refractivity contribution in [2.45, 2.75) is 40.2 Å². The molecule has 1 heterocycles. The van der Waals surface area contributed by atoms with E-state index in [1.54, 1.807) is 6.92 Å². The summed E-state index contributed by atoms with van der Waals surface area (Å²) in [4.78, 5) is 11.9. The first-order valence-electron chi connectivity index (χ1n) is 5.43. The maximum atomic E-state index is 11.9. The molecule has 1 rings (SSSR count). The maximum absolute atomic E-state index is 11.9. The average molecular weight is 220 g/mol. The molecule has 1 aromatic rings. The lowest BCUT2D eigenvalue weighted by atomic mass is 10.0. The first kappa shape index (κ1) is 12.3. The topological polar surface area (TPSA) is 66.0 Å². The van der Waals surface area contributed by atoms with Gasteiger partial charge in [0.15, 0.2) is 5.88 Å². The van der Waals surface area contributed by atoms with Gasteiger partial charge in [0, 0.05) is 12.1 Å². The van der Waals surface area contributed by atoms with Crippen molar-refractivity contribution in [2.75, 3.05) is 0 Å². The number of nitrogens with zero attached hydrogens (tertiary/aromatic N) is 2. The van der Waals surface area contributed by atoms with Gasteiger partial charge in [0.05, 0.1) is 0 Å². The van der Waals surface area contributed by atoms with Crippen molar-refractivity contribution in [1.82, 2.24) is 4.57 Å². The van der Waals surface area contributed by atoms with Crippen molar-refractivity contribution >= 4 is 0 Å². The summed E-state index contributed by atoms with van der Waals surface area (Å²) < 4.78 is 1.28. The molecular formula is C12H16N2O2. The first-order chi connectivity index (χ1) is 7.58. The normalized spacial score (nSPS) is 10.1. The Morgan fingerprint density at radius 3 is 2.50 bits per heavy atom. The second-order valence-corrected chi connectivity index (χ2v) is 3.72. The van der Waals surface area contributed by atoms with Crippen LogP contribution in [0.2, 0.25) is 0 Å². The van der Waals surface area contributed by atoms with Crippen LogP contribution in [0, 0.1) is 18.3 Å². The fourth-order valence-corrected chi connectivity index (χ4v) is 1.86. The van der Waals surface area contributed by atoms with E-state index in [1.165, 1.54) is 4.57 Å². The number of nitriles is 1. The molecule has 0 fully saturated rings. The molecule has 0 atom stereocenters. The zero-order valence-corrected chi connectivity index (χ0v) is 9.87. The molecule has 4 heteroatoms. The highest BCUT2D eigenvalue weighted by Gasteiger charge is 2.16. The zero-order valence-electron chi connectivity index (χ0n) is 9.87. The highest BCUT2D eigenvalue weighted by Crippen LogP contribution is 2.21. The van der Waals surface area contributed by atoms with Gasteiger partial charge in [-0.25, -0.2) is 0 Å². The van der Waals surface area contributed by atoms with Crippen LogP contribution in [0.1, 0.15) is 37.0 Å². The zero-order chi connectivity index (χ0) is 12.3. The van der Waals surface area contributed by atoms with Gasteiger partial charge in [-0.1, -0.05) is 13.8 Å². The summed E-state index contributed by atoms with van der Waals surface area (Å²) in [6.07, 6.45) is 1.35. The van der Waals surface area contributed by atoms with E-state index in [9.17, 15) is 9.90 Å². The minimum absolute atomic E-state index is 0.00542. The lowest BCUT2D eigenvalue weighted by molar-refractivity contribution is 0.397. The van der Waals surface area contributed by atoms with Crippen molar-refractivity contribution in [3.63, 3.8) is 0 Å². The lowest BCUT2D eigenvalue weighted by Gasteiger charge is -2.14. The Morgan fingerprint density at radius 1 is 1.44 bits per heavy atom. The monoisotopic (exact) mass is 220 g/mol. The number of aromatic hydroxyl groups is 1. The Morgan fingerprint density at radius 2 is 2.06 bits per heavy atom. The van der Waals surface area contributed by atoms with Gasteiger partial charge in [0.2, 0.25) is 0 Å². The quantitative estimate of drug-likeness (QED) is 0.843. The van der Waals surface area contributed by atoms with Gasteiger partial charge in [0.25, 0.3) is 5.56 Å². The van der Waals surface area contributed by atoms with E-state index < -0.39 is 5.56 Å². The minimum Gasteiger partial charge on any atom is -0.494 e. The van der Waals surface area contributed by atoms with Gasteiger partial charge >= 0.3 is 0 Å². The molecule has 1 N–H and O–H groups in total. The van der Waals surface area contributed by atoms with Gasteiger partial charge in [-0.2, -0.15) is 5.26 Å². The average Bonchev–Trinajstić information content (AvgIpc) is 2.26. The van der Waals surface area contributed by atoms with E-state index in [4.69, 9.17) is 5.26 Å². The van der Waals surface area contributed by atoms with Crippen LogP contribution >= 0.6 is 0 Å². The van der Waals surface area contributed by atoms with E-state index in [1.807, 2.05) is 19.9 Å². The van der Waals surface area contributed by atoms with Crippen LogP contribution in [0.4, 0.5) is 0 Å². The molecule has 0 aliphatic carbocycles. The predicted octanol–water partition coefficient (Wildman–Crippen LogP) is 1.71. The summed E-state index contributed by atoms with van der Waals surface area (Å²) in [5, 5.41) is 18.9. The molecule has 0 saturated carbocycles. The first-order valence-corrected chi connectivity index (χ1v) is 5.43. The Hall–Kier alpha value is -1.76. The summed E-state index contributed by atoms with van der Waals surface area (Å²) in [7, 11) is 0. The Kier molecular flexibility index (Phi) is 3.73.